The first-order valence-corrected chi connectivity index (χ1v) is 11.9. The largest absolute Gasteiger partial charge is 0.376 e. The highest BCUT2D eigenvalue weighted by molar-refractivity contribution is 7.97. The van der Waals surface area contributed by atoms with E-state index in [0.29, 0.717) is 0 Å². The molecule has 0 amide bonds. The van der Waals surface area contributed by atoms with Gasteiger partial charge in [-0.2, -0.15) is 0 Å². The van der Waals surface area contributed by atoms with Gasteiger partial charge in [0.05, 0.1) is 24.5 Å². The second-order valence-corrected chi connectivity index (χ2v) is 13.0. The second kappa shape index (κ2) is 7.42. The fourth-order valence-corrected chi connectivity index (χ4v) is 5.44. The average Bonchev–Trinajstić information content (AvgIpc) is 2.17. The van der Waals surface area contributed by atoms with E-state index in [2.05, 4.69) is 26.6 Å². The molecule has 0 aliphatic carbocycles. The zero-order chi connectivity index (χ0) is 18.9. The Labute approximate surface area is 143 Å². The zero-order valence-electron chi connectivity index (χ0n) is 16.2. The van der Waals surface area contributed by atoms with Crippen LogP contribution in [-0.4, -0.2) is 65.4 Å². The van der Waals surface area contributed by atoms with Crippen LogP contribution in [0, 0.1) is 5.41 Å². The highest BCUT2D eigenvalue weighted by Gasteiger charge is 2.36. The lowest BCUT2D eigenvalue weighted by atomic mass is 9.90. The Morgan fingerprint density at radius 3 is 1.74 bits per heavy atom. The molecule has 0 heterocycles. The van der Waals surface area contributed by atoms with Gasteiger partial charge in [0.25, 0.3) is 0 Å². The van der Waals surface area contributed by atoms with E-state index in [9.17, 15) is 12.6 Å². The molecular formula is C16H35NO4S2. The molecule has 0 rings (SSSR count). The third kappa shape index (κ3) is 8.52. The van der Waals surface area contributed by atoms with E-state index in [1.807, 2.05) is 27.7 Å². The molecule has 0 bridgehead atoms. The molecule has 0 aliphatic heterocycles. The fraction of sp³-hybridized carbons (Fsp3) is 0.938. The van der Waals surface area contributed by atoms with Gasteiger partial charge in [0.15, 0.2) is 0 Å². The summed E-state index contributed by atoms with van der Waals surface area (Å²) in [4.78, 5) is 0. The third-order valence-corrected chi connectivity index (χ3v) is 6.33. The number of nitrogens with zero attached hydrogens (tertiary/aromatic N) is 1. The van der Waals surface area contributed by atoms with Gasteiger partial charge >= 0.3 is 0 Å². The molecule has 1 unspecified atom stereocenters. The molecule has 0 aromatic rings. The van der Waals surface area contributed by atoms with Crippen LogP contribution in [-0.2, 0) is 24.3 Å². The Morgan fingerprint density at radius 1 is 1.04 bits per heavy atom. The summed E-state index contributed by atoms with van der Waals surface area (Å²) < 4.78 is 44.0. The van der Waals surface area contributed by atoms with E-state index >= 15 is 0 Å². The standard InChI is InChI=1S/C16H35NO4S2/c1-13(15(2,3)4)21-11-14(12-23(10,19)20)17(16(5,6)7)22(8,9)18/h13-14H,8,11-12H2,1-7,9-10H3/t13-,14+,22?/m0/s1. The van der Waals surface area contributed by atoms with Gasteiger partial charge in [0.2, 0.25) is 0 Å². The molecule has 0 aromatic carbocycles. The predicted molar refractivity (Wildman–Crippen MR) is 101 cm³/mol. The SMILES string of the molecule is C=S(C)(=O)N([C@H](CO[C@@H](C)C(C)(C)C)CS(C)(=O)=O)C(C)(C)C. The van der Waals surface area contributed by atoms with Crippen LogP contribution < -0.4 is 0 Å². The first kappa shape index (κ1) is 22.9. The van der Waals surface area contributed by atoms with E-state index < -0.39 is 31.1 Å². The van der Waals surface area contributed by atoms with E-state index in [1.54, 1.807) is 10.6 Å². The van der Waals surface area contributed by atoms with Crippen molar-refractivity contribution in [1.82, 2.24) is 4.31 Å². The minimum atomic E-state index is -3.25. The van der Waals surface area contributed by atoms with Gasteiger partial charge in [-0.25, -0.2) is 12.7 Å². The zero-order valence-corrected chi connectivity index (χ0v) is 17.8. The van der Waals surface area contributed by atoms with E-state index in [1.165, 1.54) is 6.26 Å². The molecular weight excluding hydrogens is 334 g/mol. The molecule has 0 spiro atoms. The van der Waals surface area contributed by atoms with Gasteiger partial charge in [-0.05, 0) is 39.0 Å². The molecule has 0 N–H and O–H groups in total. The molecule has 5 nitrogen and oxygen atoms in total. The molecule has 0 saturated carbocycles. The fourth-order valence-electron chi connectivity index (χ4n) is 2.48. The van der Waals surface area contributed by atoms with Crippen molar-refractivity contribution in [2.75, 3.05) is 24.9 Å². The van der Waals surface area contributed by atoms with Crippen molar-refractivity contribution in [2.45, 2.75) is 66.2 Å². The van der Waals surface area contributed by atoms with Gasteiger partial charge in [-0.1, -0.05) is 20.8 Å². The van der Waals surface area contributed by atoms with Crippen LogP contribution in [0.3, 0.4) is 0 Å². The van der Waals surface area contributed by atoms with Crippen molar-refractivity contribution in [3.8, 4) is 0 Å². The molecule has 0 fully saturated rings. The van der Waals surface area contributed by atoms with Crippen LogP contribution >= 0.6 is 0 Å². The van der Waals surface area contributed by atoms with Crippen molar-refractivity contribution in [2.24, 2.45) is 5.41 Å². The molecule has 0 aliphatic rings. The summed E-state index contributed by atoms with van der Waals surface area (Å²) >= 11 is 0. The number of rotatable bonds is 7. The maximum absolute atomic E-state index is 12.7. The van der Waals surface area contributed by atoms with E-state index in [0.717, 1.165) is 0 Å². The van der Waals surface area contributed by atoms with Crippen LogP contribution in [0.1, 0.15) is 48.5 Å². The highest BCUT2D eigenvalue weighted by Crippen LogP contribution is 2.25. The Kier molecular flexibility index (Phi) is 7.38. The minimum Gasteiger partial charge on any atom is -0.376 e. The van der Waals surface area contributed by atoms with Crippen molar-refractivity contribution in [3.63, 3.8) is 0 Å². The van der Waals surface area contributed by atoms with Crippen LogP contribution in [0.15, 0.2) is 0 Å². The monoisotopic (exact) mass is 369 g/mol. The highest BCUT2D eigenvalue weighted by atomic mass is 32.2. The Bertz CT molecular complexity index is 581. The van der Waals surface area contributed by atoms with Gasteiger partial charge < -0.3 is 4.74 Å². The molecule has 140 valence electrons. The van der Waals surface area contributed by atoms with Crippen LogP contribution in [0.25, 0.3) is 0 Å². The summed E-state index contributed by atoms with van der Waals surface area (Å²) in [5, 5.41) is 0. The predicted octanol–water partition coefficient (Wildman–Crippen LogP) is 2.21. The topological polar surface area (TPSA) is 63.7 Å². The Balaban J connectivity index is 5.60. The van der Waals surface area contributed by atoms with E-state index in [-0.39, 0.29) is 23.9 Å². The first-order chi connectivity index (χ1) is 9.86. The van der Waals surface area contributed by atoms with Crippen molar-refractivity contribution >= 4 is 25.4 Å². The minimum absolute atomic E-state index is 0.0518. The summed E-state index contributed by atoms with van der Waals surface area (Å²) in [5.74, 6) is 3.66. The lowest BCUT2D eigenvalue weighted by Crippen LogP contribution is -2.55. The van der Waals surface area contributed by atoms with Crippen molar-refractivity contribution in [3.05, 3.63) is 0 Å². The Morgan fingerprint density at radius 2 is 1.48 bits per heavy atom. The third-order valence-electron chi connectivity index (χ3n) is 3.66. The number of hydrogen-bond acceptors (Lipinski definition) is 4. The quantitative estimate of drug-likeness (QED) is 0.646. The molecule has 7 heteroatoms. The maximum Gasteiger partial charge on any atom is 0.149 e. The van der Waals surface area contributed by atoms with Crippen molar-refractivity contribution in [1.29, 1.82) is 0 Å². The number of sulfone groups is 1. The van der Waals surface area contributed by atoms with Gasteiger partial charge in [-0.3, -0.25) is 4.21 Å². The first-order valence-electron chi connectivity index (χ1n) is 7.77. The molecule has 23 heavy (non-hydrogen) atoms. The lowest BCUT2D eigenvalue weighted by Gasteiger charge is -2.42. The number of ether oxygens (including phenoxy) is 1. The van der Waals surface area contributed by atoms with Crippen molar-refractivity contribution < 1.29 is 17.4 Å². The summed E-state index contributed by atoms with van der Waals surface area (Å²) in [7, 11) is -5.84. The smallest absolute Gasteiger partial charge is 0.149 e. The second-order valence-electron chi connectivity index (χ2n) is 8.54. The van der Waals surface area contributed by atoms with E-state index in [4.69, 9.17) is 4.74 Å². The lowest BCUT2D eigenvalue weighted by molar-refractivity contribution is -0.0265. The van der Waals surface area contributed by atoms with Gasteiger partial charge in [0, 0.05) is 27.8 Å². The van der Waals surface area contributed by atoms with Crippen LogP contribution in [0.5, 0.6) is 0 Å². The summed E-state index contributed by atoms with van der Waals surface area (Å²) in [6.45, 7) is 14.1. The summed E-state index contributed by atoms with van der Waals surface area (Å²) in [6.07, 6.45) is 2.68. The van der Waals surface area contributed by atoms with Crippen LogP contribution in [0.4, 0.5) is 0 Å². The Hall–Kier alpha value is -0.110. The summed E-state index contributed by atoms with van der Waals surface area (Å²) in [5.41, 5.74) is -0.544. The molecule has 0 radical (unpaired) electrons. The normalized spacial score (nSPS) is 19.4. The number of hydrogen-bond donors (Lipinski definition) is 0. The molecule has 0 saturated heterocycles. The molecule has 0 aromatic heterocycles. The maximum atomic E-state index is 12.7. The van der Waals surface area contributed by atoms with Crippen LogP contribution in [0.2, 0.25) is 0 Å². The van der Waals surface area contributed by atoms with Gasteiger partial charge in [0.1, 0.15) is 9.84 Å². The average molecular weight is 370 g/mol. The summed E-state index contributed by atoms with van der Waals surface area (Å²) in [6, 6.07) is -0.509. The molecule has 3 atom stereocenters. The van der Waals surface area contributed by atoms with Gasteiger partial charge in [-0.15, -0.1) is 0 Å².